The summed E-state index contributed by atoms with van der Waals surface area (Å²) < 4.78 is 5.48. The molecule has 0 unspecified atom stereocenters. The second kappa shape index (κ2) is 6.85. The predicted molar refractivity (Wildman–Crippen MR) is 101 cm³/mol. The van der Waals surface area contributed by atoms with Gasteiger partial charge in [0.25, 0.3) is 0 Å². The fraction of sp³-hybridized carbons (Fsp3) is 0.333. The molecule has 0 radical (unpaired) electrons. The van der Waals surface area contributed by atoms with Gasteiger partial charge < -0.3 is 21.1 Å². The summed E-state index contributed by atoms with van der Waals surface area (Å²) >= 11 is 1.79. The minimum atomic E-state index is 0.470. The molecule has 6 nitrogen and oxygen atoms in total. The lowest BCUT2D eigenvalue weighted by Crippen LogP contribution is -2.18. The van der Waals surface area contributed by atoms with Gasteiger partial charge in [-0.05, 0) is 43.4 Å². The zero-order valence-electron chi connectivity index (χ0n) is 14.1. The van der Waals surface area contributed by atoms with Crippen molar-refractivity contribution in [3.8, 4) is 0 Å². The summed E-state index contributed by atoms with van der Waals surface area (Å²) in [6, 6.07) is 0. The SMILES string of the molecule is COC1=CN/C(=C\CN)C=C1Nc1ncnc2sc3c(c12)CCCC3. The van der Waals surface area contributed by atoms with Gasteiger partial charge in [-0.1, -0.05) is 0 Å². The first kappa shape index (κ1) is 16.1. The van der Waals surface area contributed by atoms with Crippen molar-refractivity contribution in [1.82, 2.24) is 15.3 Å². The van der Waals surface area contributed by atoms with Crippen molar-refractivity contribution in [2.75, 3.05) is 19.0 Å². The average Bonchev–Trinajstić information content (AvgIpc) is 3.02. The van der Waals surface area contributed by atoms with Crippen molar-refractivity contribution < 1.29 is 4.74 Å². The molecule has 3 heterocycles. The number of thiophene rings is 1. The monoisotopic (exact) mass is 355 g/mol. The third kappa shape index (κ3) is 3.01. The first-order chi connectivity index (χ1) is 12.3. The van der Waals surface area contributed by atoms with Crippen LogP contribution >= 0.6 is 11.3 Å². The number of rotatable bonds is 4. The number of hydrogen-bond donors (Lipinski definition) is 3. The highest BCUT2D eigenvalue weighted by Gasteiger charge is 2.21. The zero-order valence-corrected chi connectivity index (χ0v) is 14.9. The van der Waals surface area contributed by atoms with Gasteiger partial charge >= 0.3 is 0 Å². The summed E-state index contributed by atoms with van der Waals surface area (Å²) in [6.45, 7) is 0.470. The fourth-order valence-corrected chi connectivity index (χ4v) is 4.55. The van der Waals surface area contributed by atoms with Gasteiger partial charge in [-0.25, -0.2) is 9.97 Å². The van der Waals surface area contributed by atoms with E-state index in [1.165, 1.54) is 23.3 Å². The van der Waals surface area contributed by atoms with Crippen LogP contribution in [0.5, 0.6) is 0 Å². The van der Waals surface area contributed by atoms with Gasteiger partial charge in [-0.3, -0.25) is 0 Å². The van der Waals surface area contributed by atoms with Crippen LogP contribution in [0.15, 0.2) is 41.8 Å². The Morgan fingerprint density at radius 2 is 2.24 bits per heavy atom. The number of methoxy groups -OCH3 is 1. The topological polar surface area (TPSA) is 85.1 Å². The van der Waals surface area contributed by atoms with Gasteiger partial charge in [0.15, 0.2) is 5.76 Å². The van der Waals surface area contributed by atoms with Crippen molar-refractivity contribution in [2.45, 2.75) is 25.7 Å². The number of ether oxygens (including phenoxy) is 1. The number of nitrogens with zero attached hydrogens (tertiary/aromatic N) is 2. The van der Waals surface area contributed by atoms with Crippen LogP contribution in [0.25, 0.3) is 10.2 Å². The Hall–Kier alpha value is -2.38. The fourth-order valence-electron chi connectivity index (χ4n) is 3.32. The number of hydrogen-bond acceptors (Lipinski definition) is 7. The Kier molecular flexibility index (Phi) is 4.42. The normalized spacial score (nSPS) is 18.4. The minimum Gasteiger partial charge on any atom is -0.493 e. The molecule has 25 heavy (non-hydrogen) atoms. The van der Waals surface area contributed by atoms with Gasteiger partial charge in [0.05, 0.1) is 18.2 Å². The molecule has 2 aromatic rings. The molecule has 0 spiro atoms. The first-order valence-electron chi connectivity index (χ1n) is 8.45. The van der Waals surface area contributed by atoms with Gasteiger partial charge in [0.2, 0.25) is 0 Å². The van der Waals surface area contributed by atoms with Crippen molar-refractivity contribution >= 4 is 27.4 Å². The van der Waals surface area contributed by atoms with E-state index in [1.54, 1.807) is 24.8 Å². The van der Waals surface area contributed by atoms with Gasteiger partial charge in [0.1, 0.15) is 17.0 Å². The maximum atomic E-state index is 5.62. The van der Waals surface area contributed by atoms with E-state index in [0.29, 0.717) is 6.54 Å². The van der Waals surface area contributed by atoms with Gasteiger partial charge in [-0.2, -0.15) is 0 Å². The predicted octanol–water partition coefficient (Wildman–Crippen LogP) is 2.80. The Balaban J connectivity index is 1.76. The lowest BCUT2D eigenvalue weighted by molar-refractivity contribution is 0.298. The largest absolute Gasteiger partial charge is 0.493 e. The summed E-state index contributed by atoms with van der Waals surface area (Å²) in [7, 11) is 1.66. The highest BCUT2D eigenvalue weighted by Crippen LogP contribution is 2.38. The lowest BCUT2D eigenvalue weighted by Gasteiger charge is -2.19. The van der Waals surface area contributed by atoms with Crippen LogP contribution in [-0.2, 0) is 17.6 Å². The number of allylic oxidation sites excluding steroid dienone is 1. The minimum absolute atomic E-state index is 0.470. The van der Waals surface area contributed by atoms with Crippen LogP contribution in [0, 0.1) is 0 Å². The van der Waals surface area contributed by atoms with Crippen molar-refractivity contribution in [1.29, 1.82) is 0 Å². The van der Waals surface area contributed by atoms with Crippen LogP contribution in [-0.4, -0.2) is 23.6 Å². The Bertz CT molecular complexity index is 896. The van der Waals surface area contributed by atoms with Gasteiger partial charge in [0, 0.05) is 23.3 Å². The number of dihydropyridines is 1. The molecule has 0 aromatic carbocycles. The van der Waals surface area contributed by atoms with Crippen LogP contribution in [0.3, 0.4) is 0 Å². The lowest BCUT2D eigenvalue weighted by atomic mass is 9.97. The summed E-state index contributed by atoms with van der Waals surface area (Å²) in [6.07, 6.45) is 12.1. The molecule has 0 atom stereocenters. The highest BCUT2D eigenvalue weighted by molar-refractivity contribution is 7.19. The second-order valence-corrected chi connectivity index (χ2v) is 7.13. The van der Waals surface area contributed by atoms with Crippen molar-refractivity contribution in [3.63, 3.8) is 0 Å². The van der Waals surface area contributed by atoms with E-state index >= 15 is 0 Å². The Labute approximate surface area is 150 Å². The van der Waals surface area contributed by atoms with Crippen LogP contribution < -0.4 is 16.4 Å². The molecule has 0 saturated heterocycles. The molecule has 2 aliphatic rings. The van der Waals surface area contributed by atoms with Gasteiger partial charge in [-0.15, -0.1) is 11.3 Å². The zero-order chi connectivity index (χ0) is 17.2. The van der Waals surface area contributed by atoms with E-state index in [1.807, 2.05) is 18.4 Å². The quantitative estimate of drug-likeness (QED) is 0.782. The Morgan fingerprint density at radius 1 is 1.36 bits per heavy atom. The number of nitrogens with one attached hydrogen (secondary N) is 2. The molecule has 130 valence electrons. The number of nitrogens with two attached hydrogens (primary N) is 1. The molecule has 4 rings (SSSR count). The molecule has 4 N–H and O–H groups in total. The highest BCUT2D eigenvalue weighted by atomic mass is 32.1. The number of anilines is 1. The molecule has 7 heteroatoms. The number of aromatic nitrogens is 2. The van der Waals surface area contributed by atoms with E-state index in [2.05, 4.69) is 20.6 Å². The second-order valence-electron chi connectivity index (χ2n) is 6.05. The molecule has 0 saturated carbocycles. The molecule has 0 fully saturated rings. The van der Waals surface area contributed by atoms with E-state index in [9.17, 15) is 0 Å². The standard InChI is InChI=1S/C18H21N5OS/c1-24-14-9-20-11(6-7-19)8-13(14)23-17-16-12-4-2-3-5-15(12)25-18(16)22-10-21-17/h6,8-10,20H,2-5,7,19H2,1H3,(H,21,22,23)/b11-6-. The molecule has 1 aliphatic heterocycles. The van der Waals surface area contributed by atoms with E-state index in [0.717, 1.165) is 46.0 Å². The van der Waals surface area contributed by atoms with Crippen LogP contribution in [0.4, 0.5) is 5.82 Å². The summed E-state index contributed by atoms with van der Waals surface area (Å²) in [5, 5.41) is 7.77. The van der Waals surface area contributed by atoms with E-state index in [4.69, 9.17) is 10.5 Å². The summed E-state index contributed by atoms with van der Waals surface area (Å²) in [5.74, 6) is 1.57. The van der Waals surface area contributed by atoms with Crippen LogP contribution in [0.1, 0.15) is 23.3 Å². The maximum Gasteiger partial charge on any atom is 0.158 e. The molecular weight excluding hydrogens is 334 g/mol. The summed E-state index contributed by atoms with van der Waals surface area (Å²) in [5.41, 5.74) is 8.82. The third-order valence-electron chi connectivity index (χ3n) is 4.50. The van der Waals surface area contributed by atoms with Crippen molar-refractivity contribution in [3.05, 3.63) is 52.3 Å². The number of aryl methyl sites for hydroxylation is 2. The molecule has 0 amide bonds. The summed E-state index contributed by atoms with van der Waals surface area (Å²) in [4.78, 5) is 11.5. The first-order valence-corrected chi connectivity index (χ1v) is 9.27. The molecule has 2 aromatic heterocycles. The number of fused-ring (bicyclic) bond motifs is 3. The Morgan fingerprint density at radius 3 is 3.08 bits per heavy atom. The average molecular weight is 355 g/mol. The van der Waals surface area contributed by atoms with E-state index in [-0.39, 0.29) is 0 Å². The maximum absolute atomic E-state index is 5.62. The third-order valence-corrected chi connectivity index (χ3v) is 5.70. The molecular formula is C18H21N5OS. The smallest absolute Gasteiger partial charge is 0.158 e. The van der Waals surface area contributed by atoms with Crippen molar-refractivity contribution in [2.24, 2.45) is 5.73 Å². The van der Waals surface area contributed by atoms with E-state index < -0.39 is 0 Å². The van der Waals surface area contributed by atoms with Crippen LogP contribution in [0.2, 0.25) is 0 Å². The molecule has 0 bridgehead atoms. The molecule has 1 aliphatic carbocycles.